The molecule has 3 heterocycles. The van der Waals surface area contributed by atoms with Crippen molar-refractivity contribution in [3.05, 3.63) is 267 Å². The summed E-state index contributed by atoms with van der Waals surface area (Å²) in [5, 5.41) is 2.44. The van der Waals surface area contributed by atoms with Crippen LogP contribution in [0.2, 0.25) is 0 Å². The molecule has 70 heavy (non-hydrogen) atoms. The van der Waals surface area contributed by atoms with Crippen LogP contribution in [0, 0.1) is 0 Å². The van der Waals surface area contributed by atoms with Crippen LogP contribution in [0.1, 0.15) is 0 Å². The van der Waals surface area contributed by atoms with Gasteiger partial charge in [-0.2, -0.15) is 0 Å². The maximum atomic E-state index is 2.58. The summed E-state index contributed by atoms with van der Waals surface area (Å²) in [6.45, 7) is -0.0494. The lowest BCUT2D eigenvalue weighted by Gasteiger charge is -2.44. The Bertz CT molecular complexity index is 3830. The molecule has 0 aliphatic carbocycles. The van der Waals surface area contributed by atoms with Crippen LogP contribution in [-0.4, -0.2) is 11.3 Å². The van der Waals surface area contributed by atoms with Crippen LogP contribution in [0.15, 0.2) is 267 Å². The molecule has 0 saturated heterocycles. The molecule has 0 saturated carbocycles. The van der Waals surface area contributed by atoms with E-state index in [9.17, 15) is 0 Å². The first kappa shape index (κ1) is 40.0. The molecule has 0 N–H and O–H groups in total. The van der Waals surface area contributed by atoms with Gasteiger partial charge < -0.3 is 14.4 Å². The molecule has 4 heteroatoms. The van der Waals surface area contributed by atoms with Gasteiger partial charge in [0.25, 0.3) is 6.71 Å². The Morgan fingerprint density at radius 2 is 0.686 bits per heavy atom. The van der Waals surface area contributed by atoms with E-state index in [-0.39, 0.29) is 6.71 Å². The summed E-state index contributed by atoms with van der Waals surface area (Å²) in [6.07, 6.45) is 0. The molecule has 326 valence electrons. The Hall–Kier alpha value is -9.12. The van der Waals surface area contributed by atoms with Crippen LogP contribution in [0.25, 0.3) is 72.0 Å². The lowest BCUT2D eigenvalue weighted by Crippen LogP contribution is -2.61. The van der Waals surface area contributed by atoms with Gasteiger partial charge in [0.2, 0.25) is 0 Å². The monoisotopic (exact) mass is 889 g/mol. The Morgan fingerprint density at radius 3 is 1.24 bits per heavy atom. The van der Waals surface area contributed by atoms with E-state index in [1.165, 1.54) is 94.1 Å². The van der Waals surface area contributed by atoms with Crippen LogP contribution in [0.5, 0.6) is 0 Å². The molecule has 0 unspecified atom stereocenters. The van der Waals surface area contributed by atoms with Crippen LogP contribution in [0.4, 0.5) is 34.1 Å². The highest BCUT2D eigenvalue weighted by Gasteiger charge is 2.44. The van der Waals surface area contributed by atoms with Gasteiger partial charge in [-0.25, -0.2) is 0 Å². The van der Waals surface area contributed by atoms with Crippen molar-refractivity contribution in [2.75, 3.05) is 9.80 Å². The number of aromatic nitrogens is 1. The van der Waals surface area contributed by atoms with Gasteiger partial charge in [-0.05, 0) is 98.3 Å². The average molecular weight is 890 g/mol. The second-order valence-corrected chi connectivity index (χ2v) is 18.4. The molecule has 2 aliphatic heterocycles. The molecular weight excluding hydrogens is 846 g/mol. The minimum absolute atomic E-state index is 0.0494. The molecule has 3 nitrogen and oxygen atoms in total. The van der Waals surface area contributed by atoms with E-state index in [4.69, 9.17) is 0 Å². The average Bonchev–Trinajstić information content (AvgIpc) is 3.79. The molecule has 0 radical (unpaired) electrons. The van der Waals surface area contributed by atoms with Crippen molar-refractivity contribution >= 4 is 79.0 Å². The van der Waals surface area contributed by atoms with Crippen LogP contribution in [0.3, 0.4) is 0 Å². The summed E-state index contributed by atoms with van der Waals surface area (Å²) < 4.78 is 2.58. The lowest BCUT2D eigenvalue weighted by atomic mass is 9.33. The largest absolute Gasteiger partial charge is 0.311 e. The Kier molecular flexibility index (Phi) is 9.31. The van der Waals surface area contributed by atoms with E-state index < -0.39 is 0 Å². The molecule has 0 amide bonds. The van der Waals surface area contributed by atoms with Gasteiger partial charge in [0.15, 0.2) is 0 Å². The fourth-order valence-electron chi connectivity index (χ4n) is 11.5. The van der Waals surface area contributed by atoms with Gasteiger partial charge in [0, 0.05) is 56.0 Å². The zero-order valence-electron chi connectivity index (χ0n) is 38.3. The number of hydrogen-bond donors (Lipinski definition) is 0. The molecular formula is C66H44BN3. The number of para-hydroxylation sites is 4. The molecule has 2 aliphatic rings. The van der Waals surface area contributed by atoms with Crippen LogP contribution < -0.4 is 26.2 Å². The summed E-state index contributed by atoms with van der Waals surface area (Å²) in [5.41, 5.74) is 23.7. The fourth-order valence-corrected chi connectivity index (χ4v) is 11.5. The molecule has 12 aromatic rings. The summed E-state index contributed by atoms with van der Waals surface area (Å²) in [4.78, 5) is 5.06. The van der Waals surface area contributed by atoms with E-state index in [0.717, 1.165) is 28.4 Å². The number of hydrogen-bond acceptors (Lipinski definition) is 2. The Balaban J connectivity index is 1.13. The topological polar surface area (TPSA) is 11.4 Å². The summed E-state index contributed by atoms with van der Waals surface area (Å²) in [6, 6.07) is 98.2. The quantitative estimate of drug-likeness (QED) is 0.148. The first-order valence-corrected chi connectivity index (χ1v) is 24.2. The molecule has 0 bridgehead atoms. The molecule has 11 aromatic carbocycles. The highest BCUT2D eigenvalue weighted by Crippen LogP contribution is 2.48. The van der Waals surface area contributed by atoms with E-state index >= 15 is 0 Å². The van der Waals surface area contributed by atoms with E-state index in [1.54, 1.807) is 0 Å². The van der Waals surface area contributed by atoms with Gasteiger partial charge in [0.1, 0.15) is 0 Å². The highest BCUT2D eigenvalue weighted by atomic mass is 15.2. The normalized spacial score (nSPS) is 12.5. The molecule has 1 aromatic heterocycles. The van der Waals surface area contributed by atoms with Crippen LogP contribution >= 0.6 is 0 Å². The zero-order valence-corrected chi connectivity index (χ0v) is 38.3. The minimum atomic E-state index is -0.0494. The Morgan fingerprint density at radius 1 is 0.257 bits per heavy atom. The van der Waals surface area contributed by atoms with Crippen molar-refractivity contribution in [1.29, 1.82) is 0 Å². The summed E-state index contributed by atoms with van der Waals surface area (Å²) in [5.74, 6) is 0. The predicted molar refractivity (Wildman–Crippen MR) is 297 cm³/mol. The molecule has 14 rings (SSSR count). The van der Waals surface area contributed by atoms with Crippen molar-refractivity contribution in [3.63, 3.8) is 0 Å². The summed E-state index contributed by atoms with van der Waals surface area (Å²) in [7, 11) is 0. The van der Waals surface area contributed by atoms with Gasteiger partial charge in [-0.1, -0.05) is 218 Å². The zero-order chi connectivity index (χ0) is 46.1. The molecule has 0 spiro atoms. The van der Waals surface area contributed by atoms with Crippen molar-refractivity contribution in [2.45, 2.75) is 0 Å². The maximum Gasteiger partial charge on any atom is 0.252 e. The van der Waals surface area contributed by atoms with Gasteiger partial charge in [-0.15, -0.1) is 0 Å². The first-order chi connectivity index (χ1) is 34.8. The third-order valence-corrected chi connectivity index (χ3v) is 14.6. The number of anilines is 6. The van der Waals surface area contributed by atoms with Crippen molar-refractivity contribution in [2.24, 2.45) is 0 Å². The van der Waals surface area contributed by atoms with Crippen molar-refractivity contribution in [1.82, 2.24) is 4.57 Å². The minimum Gasteiger partial charge on any atom is -0.311 e. The van der Waals surface area contributed by atoms with Crippen molar-refractivity contribution in [3.8, 4) is 50.2 Å². The molecule has 0 fully saturated rings. The predicted octanol–water partition coefficient (Wildman–Crippen LogP) is 15.5. The SMILES string of the molecule is c1ccc(-c2ccc(N3c4ccc(-c5ccccc5)cc4B4c5ccccc5N(c5ccccc5)c5cc(-n6c7c(-c8ccccc8)cccc7c7cccc(-c8ccccc8)c76)cc3c54)cc2)cc1. The highest BCUT2D eigenvalue weighted by molar-refractivity contribution is 7.00. The summed E-state index contributed by atoms with van der Waals surface area (Å²) >= 11 is 0. The van der Waals surface area contributed by atoms with E-state index in [0.29, 0.717) is 0 Å². The third kappa shape index (κ3) is 6.31. The van der Waals surface area contributed by atoms with Crippen LogP contribution in [-0.2, 0) is 0 Å². The second-order valence-electron chi connectivity index (χ2n) is 18.4. The van der Waals surface area contributed by atoms with E-state index in [1.807, 2.05) is 0 Å². The number of nitrogens with zero attached hydrogens (tertiary/aromatic N) is 3. The first-order valence-electron chi connectivity index (χ1n) is 24.2. The van der Waals surface area contributed by atoms with E-state index in [2.05, 4.69) is 281 Å². The third-order valence-electron chi connectivity index (χ3n) is 14.6. The smallest absolute Gasteiger partial charge is 0.252 e. The standard InChI is InChI=1S/C66H44BN3/c1-6-20-45(21-7-1)47-36-39-52(40-37-47)69-61-41-38-50(46-22-8-2-9-23-46)42-59(61)67-58-34-16-17-35-60(58)68(51-28-14-5-15-29-51)62-43-53(44-63(69)64(62)67)70-65-54(48-24-10-3-11-25-48)30-18-32-56(65)57-33-19-31-55(66(57)70)49-26-12-4-13-27-49/h1-44H. The van der Waals surface area contributed by atoms with Crippen molar-refractivity contribution < 1.29 is 0 Å². The second kappa shape index (κ2) is 16.3. The van der Waals surface area contributed by atoms with Gasteiger partial charge >= 0.3 is 0 Å². The number of rotatable bonds is 7. The Labute approximate surface area is 408 Å². The fraction of sp³-hybridized carbons (Fsp3) is 0. The van der Waals surface area contributed by atoms with Gasteiger partial charge in [0.05, 0.1) is 16.7 Å². The number of benzene rings is 11. The lowest BCUT2D eigenvalue weighted by molar-refractivity contribution is 1.16. The molecule has 0 atom stereocenters. The van der Waals surface area contributed by atoms with Gasteiger partial charge in [-0.3, -0.25) is 0 Å². The maximum absolute atomic E-state index is 2.58. The number of fused-ring (bicyclic) bond motifs is 7.